The minimum absolute atomic E-state index is 0.0513. The van der Waals surface area contributed by atoms with E-state index in [2.05, 4.69) is 5.32 Å². The highest BCUT2D eigenvalue weighted by Crippen LogP contribution is 2.15. The molecule has 0 atom stereocenters. The Kier molecular flexibility index (Phi) is 4.71. The molecule has 98 valence electrons. The summed E-state index contributed by atoms with van der Waals surface area (Å²) in [4.78, 5) is 23.3. The Bertz CT molecular complexity index is 469. The maximum Gasteiger partial charge on any atom is 0.252 e. The van der Waals surface area contributed by atoms with Crippen molar-refractivity contribution in [2.24, 2.45) is 0 Å². The summed E-state index contributed by atoms with van der Waals surface area (Å²) in [5, 5.41) is 2.59. The molecule has 0 aliphatic heterocycles. The molecule has 6 heteroatoms. The van der Waals surface area contributed by atoms with Crippen molar-refractivity contribution in [2.75, 3.05) is 5.88 Å². The van der Waals surface area contributed by atoms with Gasteiger partial charge in [0.1, 0.15) is 5.82 Å². The standard InChI is InChI=1S/C12H12Cl2FNO2/c1-12(2,10(17)6-13)16-11(18)7-3-8(14)5-9(15)4-7/h3-5H,6H2,1-2H3,(H,16,18). The highest BCUT2D eigenvalue weighted by molar-refractivity contribution is 6.31. The first-order valence-corrected chi connectivity index (χ1v) is 6.05. The van der Waals surface area contributed by atoms with E-state index in [1.807, 2.05) is 0 Å². The SMILES string of the molecule is CC(C)(NC(=O)c1cc(F)cc(Cl)c1)C(=O)CCl. The maximum absolute atomic E-state index is 13.1. The first kappa shape index (κ1) is 14.9. The van der Waals surface area contributed by atoms with Crippen LogP contribution in [0.3, 0.4) is 0 Å². The number of Topliss-reactive ketones (excluding diaryl/α,β-unsaturated/α-hetero) is 1. The number of amides is 1. The van der Waals surface area contributed by atoms with E-state index in [1.165, 1.54) is 19.9 Å². The Morgan fingerprint density at radius 3 is 2.44 bits per heavy atom. The molecule has 0 fully saturated rings. The topological polar surface area (TPSA) is 46.2 Å². The van der Waals surface area contributed by atoms with Crippen molar-refractivity contribution in [3.05, 3.63) is 34.6 Å². The van der Waals surface area contributed by atoms with Gasteiger partial charge in [-0.25, -0.2) is 4.39 Å². The zero-order valence-corrected chi connectivity index (χ0v) is 11.4. The molecule has 0 spiro atoms. The number of carbonyl (C=O) groups is 2. The third kappa shape index (κ3) is 3.68. The Morgan fingerprint density at radius 2 is 1.94 bits per heavy atom. The second-order valence-electron chi connectivity index (χ2n) is 4.29. The molecule has 18 heavy (non-hydrogen) atoms. The van der Waals surface area contributed by atoms with E-state index in [0.717, 1.165) is 12.1 Å². The fourth-order valence-corrected chi connectivity index (χ4v) is 1.83. The molecule has 0 aliphatic carbocycles. The molecule has 0 bridgehead atoms. The van der Waals surface area contributed by atoms with Gasteiger partial charge in [0.25, 0.3) is 5.91 Å². The first-order chi connectivity index (χ1) is 8.26. The molecule has 0 aliphatic rings. The van der Waals surface area contributed by atoms with Crippen LogP contribution in [0, 0.1) is 5.82 Å². The van der Waals surface area contributed by atoms with E-state index in [9.17, 15) is 14.0 Å². The zero-order valence-electron chi connectivity index (χ0n) is 9.89. The Hall–Kier alpha value is -1.13. The number of alkyl halides is 1. The lowest BCUT2D eigenvalue weighted by Gasteiger charge is -2.23. The molecule has 1 N–H and O–H groups in total. The van der Waals surface area contributed by atoms with Crippen LogP contribution in [0.5, 0.6) is 0 Å². The zero-order chi connectivity index (χ0) is 13.9. The highest BCUT2D eigenvalue weighted by atomic mass is 35.5. The number of benzene rings is 1. The van der Waals surface area contributed by atoms with E-state index in [0.29, 0.717) is 0 Å². The van der Waals surface area contributed by atoms with Gasteiger partial charge in [-0.1, -0.05) is 11.6 Å². The van der Waals surface area contributed by atoms with Gasteiger partial charge in [-0.15, -0.1) is 11.6 Å². The lowest BCUT2D eigenvalue weighted by Crippen LogP contribution is -2.50. The van der Waals surface area contributed by atoms with Crippen molar-refractivity contribution in [2.45, 2.75) is 19.4 Å². The van der Waals surface area contributed by atoms with Gasteiger partial charge in [-0.3, -0.25) is 9.59 Å². The maximum atomic E-state index is 13.1. The van der Waals surface area contributed by atoms with E-state index < -0.39 is 17.3 Å². The van der Waals surface area contributed by atoms with Crippen molar-refractivity contribution in [3.8, 4) is 0 Å². The first-order valence-electron chi connectivity index (χ1n) is 5.14. The quantitative estimate of drug-likeness (QED) is 0.867. The fourth-order valence-electron chi connectivity index (χ4n) is 1.28. The third-order valence-corrected chi connectivity index (χ3v) is 2.83. The van der Waals surface area contributed by atoms with E-state index >= 15 is 0 Å². The van der Waals surface area contributed by atoms with Gasteiger partial charge in [0, 0.05) is 10.6 Å². The van der Waals surface area contributed by atoms with Crippen molar-refractivity contribution < 1.29 is 14.0 Å². The molecule has 1 aromatic carbocycles. The summed E-state index contributed by atoms with van der Waals surface area (Å²) in [5.74, 6) is -1.74. The normalized spacial score (nSPS) is 11.2. The van der Waals surface area contributed by atoms with Crippen LogP contribution in [0.2, 0.25) is 5.02 Å². The molecular formula is C12H12Cl2FNO2. The number of nitrogens with one attached hydrogen (secondary N) is 1. The minimum atomic E-state index is -1.11. The largest absolute Gasteiger partial charge is 0.340 e. The predicted octanol–water partition coefficient (Wildman–Crippen LogP) is 2.80. The monoisotopic (exact) mass is 291 g/mol. The van der Waals surface area contributed by atoms with E-state index in [1.54, 1.807) is 0 Å². The number of ketones is 1. The van der Waals surface area contributed by atoms with Gasteiger partial charge in [-0.2, -0.15) is 0 Å². The number of hydrogen-bond acceptors (Lipinski definition) is 2. The highest BCUT2D eigenvalue weighted by Gasteiger charge is 2.28. The van der Waals surface area contributed by atoms with Gasteiger partial charge in [0.05, 0.1) is 11.4 Å². The second kappa shape index (κ2) is 5.67. The average Bonchev–Trinajstić information content (AvgIpc) is 2.25. The van der Waals surface area contributed by atoms with Gasteiger partial charge >= 0.3 is 0 Å². The molecule has 0 radical (unpaired) electrons. The Morgan fingerprint density at radius 1 is 1.33 bits per heavy atom. The van der Waals surface area contributed by atoms with Crippen LogP contribution in [0.4, 0.5) is 4.39 Å². The van der Waals surface area contributed by atoms with E-state index in [-0.39, 0.29) is 22.2 Å². The molecule has 0 aromatic heterocycles. The van der Waals surface area contributed by atoms with Crippen LogP contribution in [0.1, 0.15) is 24.2 Å². The number of hydrogen-bond donors (Lipinski definition) is 1. The third-order valence-electron chi connectivity index (χ3n) is 2.37. The summed E-state index contributed by atoms with van der Waals surface area (Å²) >= 11 is 11.1. The molecule has 0 unspecified atom stereocenters. The van der Waals surface area contributed by atoms with Gasteiger partial charge in [-0.05, 0) is 32.0 Å². The van der Waals surface area contributed by atoms with Crippen LogP contribution < -0.4 is 5.32 Å². The predicted molar refractivity (Wildman–Crippen MR) is 68.7 cm³/mol. The molecule has 0 saturated carbocycles. The average molecular weight is 292 g/mol. The van der Waals surface area contributed by atoms with Crippen LogP contribution in [-0.2, 0) is 4.79 Å². The molecule has 3 nitrogen and oxygen atoms in total. The lowest BCUT2D eigenvalue weighted by atomic mass is 9.99. The van der Waals surface area contributed by atoms with Crippen molar-refractivity contribution >= 4 is 34.9 Å². The molecule has 0 saturated heterocycles. The molecule has 1 rings (SSSR count). The Labute approximate surface area is 114 Å². The minimum Gasteiger partial charge on any atom is -0.340 e. The number of halogens is 3. The van der Waals surface area contributed by atoms with E-state index in [4.69, 9.17) is 23.2 Å². The Balaban J connectivity index is 2.92. The summed E-state index contributed by atoms with van der Waals surface area (Å²) in [5.41, 5.74) is -1.06. The summed E-state index contributed by atoms with van der Waals surface area (Å²) in [6, 6.07) is 3.46. The fraction of sp³-hybridized carbons (Fsp3) is 0.333. The van der Waals surface area contributed by atoms with Gasteiger partial charge in [0.15, 0.2) is 5.78 Å². The van der Waals surface area contributed by atoms with Crippen molar-refractivity contribution in [1.82, 2.24) is 5.32 Å². The van der Waals surface area contributed by atoms with Gasteiger partial charge < -0.3 is 5.32 Å². The number of carbonyl (C=O) groups excluding carboxylic acids is 2. The van der Waals surface area contributed by atoms with Crippen LogP contribution >= 0.6 is 23.2 Å². The summed E-state index contributed by atoms with van der Waals surface area (Å²) in [6.45, 7) is 3.05. The second-order valence-corrected chi connectivity index (χ2v) is 5.00. The van der Waals surface area contributed by atoms with Crippen LogP contribution in [0.15, 0.2) is 18.2 Å². The molecule has 1 aromatic rings. The van der Waals surface area contributed by atoms with Crippen LogP contribution in [0.25, 0.3) is 0 Å². The van der Waals surface area contributed by atoms with Gasteiger partial charge in [0.2, 0.25) is 0 Å². The molecule has 0 heterocycles. The lowest BCUT2D eigenvalue weighted by molar-refractivity contribution is -0.121. The molecular weight excluding hydrogens is 280 g/mol. The van der Waals surface area contributed by atoms with Crippen LogP contribution in [-0.4, -0.2) is 23.1 Å². The summed E-state index contributed by atoms with van der Waals surface area (Å²) < 4.78 is 13.1. The van der Waals surface area contributed by atoms with Crippen molar-refractivity contribution in [3.63, 3.8) is 0 Å². The smallest absolute Gasteiger partial charge is 0.252 e. The number of rotatable bonds is 4. The molecule has 1 amide bonds. The summed E-state index contributed by atoms with van der Waals surface area (Å²) in [7, 11) is 0. The summed E-state index contributed by atoms with van der Waals surface area (Å²) in [6.07, 6.45) is 0. The van der Waals surface area contributed by atoms with Crippen molar-refractivity contribution in [1.29, 1.82) is 0 Å².